The first kappa shape index (κ1) is 21.0. The number of carbonyl (C=O) groups is 1. The van der Waals surface area contributed by atoms with Gasteiger partial charge in [-0.25, -0.2) is 4.98 Å². The summed E-state index contributed by atoms with van der Waals surface area (Å²) in [4.78, 5) is 19.7. The van der Waals surface area contributed by atoms with Crippen molar-refractivity contribution in [3.05, 3.63) is 59.4 Å². The van der Waals surface area contributed by atoms with Crippen LogP contribution in [-0.4, -0.2) is 46.9 Å². The molecule has 5 rings (SSSR count). The van der Waals surface area contributed by atoms with Crippen LogP contribution in [0.3, 0.4) is 0 Å². The minimum absolute atomic E-state index is 0.187. The molecule has 0 aliphatic carbocycles. The van der Waals surface area contributed by atoms with Gasteiger partial charge in [-0.2, -0.15) is 0 Å². The highest BCUT2D eigenvalue weighted by molar-refractivity contribution is 5.86. The van der Waals surface area contributed by atoms with Crippen molar-refractivity contribution >= 4 is 22.7 Å². The van der Waals surface area contributed by atoms with Crippen molar-refractivity contribution in [2.75, 3.05) is 25.2 Å². The molecule has 6 heteroatoms. The summed E-state index contributed by atoms with van der Waals surface area (Å²) in [6.45, 7) is 3.70. The Morgan fingerprint density at radius 3 is 2.75 bits per heavy atom. The molecule has 32 heavy (non-hydrogen) atoms. The summed E-state index contributed by atoms with van der Waals surface area (Å²) in [7, 11) is 2.15. The summed E-state index contributed by atoms with van der Waals surface area (Å²) in [6.07, 6.45) is 4.49. The van der Waals surface area contributed by atoms with Gasteiger partial charge < -0.3 is 19.3 Å². The number of aryl methyl sites for hydroxylation is 1. The summed E-state index contributed by atoms with van der Waals surface area (Å²) in [5.74, 6) is -0.596. The molecule has 0 bridgehead atoms. The third-order valence-corrected chi connectivity index (χ3v) is 7.26. The number of imidazole rings is 1. The molecular weight excluding hydrogens is 402 g/mol. The highest BCUT2D eigenvalue weighted by Gasteiger charge is 2.30. The maximum atomic E-state index is 12.3. The number of benzene rings is 2. The molecule has 3 atom stereocenters. The quantitative estimate of drug-likeness (QED) is 0.638. The van der Waals surface area contributed by atoms with Gasteiger partial charge >= 0.3 is 5.97 Å². The lowest BCUT2D eigenvalue weighted by molar-refractivity contribution is -0.138. The Morgan fingerprint density at radius 1 is 1.22 bits per heavy atom. The number of carboxylic acids is 1. The van der Waals surface area contributed by atoms with Crippen molar-refractivity contribution in [2.24, 2.45) is 0 Å². The normalized spacial score (nSPS) is 22.0. The molecule has 168 valence electrons. The fourth-order valence-corrected chi connectivity index (χ4v) is 5.31. The molecule has 1 N–H and O–H groups in total. The minimum Gasteiger partial charge on any atom is -0.481 e. The molecule has 0 saturated carbocycles. The third-order valence-electron chi connectivity index (χ3n) is 7.26. The number of hydrogen-bond acceptors (Lipinski definition) is 4. The number of anilines is 1. The van der Waals surface area contributed by atoms with E-state index in [0.29, 0.717) is 19.1 Å². The first-order valence-electron chi connectivity index (χ1n) is 11.7. The van der Waals surface area contributed by atoms with E-state index in [1.807, 2.05) is 30.3 Å². The van der Waals surface area contributed by atoms with Gasteiger partial charge in [-0.05, 0) is 50.3 Å². The topological polar surface area (TPSA) is 67.6 Å². The molecule has 3 heterocycles. The molecule has 0 radical (unpaired) electrons. The van der Waals surface area contributed by atoms with E-state index in [1.54, 1.807) is 0 Å². The Hall–Kier alpha value is -2.86. The van der Waals surface area contributed by atoms with Gasteiger partial charge in [-0.1, -0.05) is 30.3 Å². The zero-order chi connectivity index (χ0) is 22.2. The van der Waals surface area contributed by atoms with Gasteiger partial charge in [-0.15, -0.1) is 0 Å². The van der Waals surface area contributed by atoms with Gasteiger partial charge in [0, 0.05) is 37.4 Å². The Labute approximate surface area is 188 Å². The number of carboxylic acid groups (broad SMARTS) is 1. The van der Waals surface area contributed by atoms with E-state index in [4.69, 9.17) is 9.72 Å². The monoisotopic (exact) mass is 433 g/mol. The predicted octanol–water partition coefficient (Wildman–Crippen LogP) is 4.57. The highest BCUT2D eigenvalue weighted by atomic mass is 16.5. The van der Waals surface area contributed by atoms with Crippen LogP contribution in [0.25, 0.3) is 11.0 Å². The molecule has 0 amide bonds. The van der Waals surface area contributed by atoms with Crippen LogP contribution in [0, 0.1) is 0 Å². The lowest BCUT2D eigenvalue weighted by Gasteiger charge is -2.34. The zero-order valence-corrected chi connectivity index (χ0v) is 18.8. The number of rotatable bonds is 5. The molecule has 0 spiro atoms. The summed E-state index contributed by atoms with van der Waals surface area (Å²) >= 11 is 0. The van der Waals surface area contributed by atoms with Crippen LogP contribution in [0.5, 0.6) is 0 Å². The average Bonchev–Trinajstić information content (AvgIpc) is 3.19. The van der Waals surface area contributed by atoms with E-state index >= 15 is 0 Å². The fraction of sp³-hybridized carbons (Fsp3) is 0.462. The number of hydrogen-bond donors (Lipinski definition) is 1. The van der Waals surface area contributed by atoms with Crippen LogP contribution in [0.1, 0.15) is 55.1 Å². The highest BCUT2D eigenvalue weighted by Crippen LogP contribution is 2.38. The smallest absolute Gasteiger partial charge is 0.311 e. The number of fused-ring (bicyclic) bond motifs is 3. The van der Waals surface area contributed by atoms with Gasteiger partial charge in [0.2, 0.25) is 0 Å². The Balaban J connectivity index is 1.64. The van der Waals surface area contributed by atoms with Crippen LogP contribution in [0.2, 0.25) is 0 Å². The largest absolute Gasteiger partial charge is 0.481 e. The molecule has 1 aromatic heterocycles. The molecule has 2 aliphatic rings. The SMILES string of the molecule is CC1CCc2c(ccc3c2nc(CC(C(=O)O)c2ccccc2)n3C2CCCOC2)N1C. The second-order valence-electron chi connectivity index (χ2n) is 9.20. The van der Waals surface area contributed by atoms with Gasteiger partial charge in [-0.3, -0.25) is 4.79 Å². The third kappa shape index (κ3) is 3.66. The molecule has 2 aliphatic heterocycles. The van der Waals surface area contributed by atoms with Crippen LogP contribution in [0.15, 0.2) is 42.5 Å². The van der Waals surface area contributed by atoms with Gasteiger partial charge in [0.15, 0.2) is 0 Å². The minimum atomic E-state index is -0.815. The number of ether oxygens (including phenoxy) is 1. The molecule has 6 nitrogen and oxygen atoms in total. The van der Waals surface area contributed by atoms with E-state index < -0.39 is 11.9 Å². The van der Waals surface area contributed by atoms with Crippen molar-refractivity contribution in [3.63, 3.8) is 0 Å². The molecule has 1 fully saturated rings. The molecule has 2 aromatic carbocycles. The molecule has 1 saturated heterocycles. The van der Waals surface area contributed by atoms with Crippen LogP contribution in [-0.2, 0) is 22.4 Å². The summed E-state index contributed by atoms with van der Waals surface area (Å²) in [5.41, 5.74) is 5.47. The van der Waals surface area contributed by atoms with Gasteiger partial charge in [0.1, 0.15) is 5.82 Å². The lowest BCUT2D eigenvalue weighted by Crippen LogP contribution is -2.33. The Bertz CT molecular complexity index is 1120. The fourth-order valence-electron chi connectivity index (χ4n) is 5.31. The van der Waals surface area contributed by atoms with E-state index in [0.717, 1.165) is 54.7 Å². The van der Waals surface area contributed by atoms with E-state index in [9.17, 15) is 9.90 Å². The molecule has 3 aromatic rings. The number of aliphatic carboxylic acids is 1. The summed E-state index contributed by atoms with van der Waals surface area (Å²) in [5, 5.41) is 10.1. The van der Waals surface area contributed by atoms with Crippen LogP contribution >= 0.6 is 0 Å². The van der Waals surface area contributed by atoms with Crippen molar-refractivity contribution in [1.82, 2.24) is 9.55 Å². The van der Waals surface area contributed by atoms with Crippen molar-refractivity contribution < 1.29 is 14.6 Å². The predicted molar refractivity (Wildman–Crippen MR) is 126 cm³/mol. The second kappa shape index (κ2) is 8.58. The van der Waals surface area contributed by atoms with Crippen LogP contribution < -0.4 is 4.90 Å². The van der Waals surface area contributed by atoms with E-state index in [1.165, 1.54) is 11.3 Å². The number of nitrogens with zero attached hydrogens (tertiary/aromatic N) is 3. The average molecular weight is 434 g/mol. The number of aromatic nitrogens is 2. The lowest BCUT2D eigenvalue weighted by atomic mass is 9.95. The van der Waals surface area contributed by atoms with Gasteiger partial charge in [0.05, 0.1) is 29.6 Å². The first-order chi connectivity index (χ1) is 15.5. The Morgan fingerprint density at radius 2 is 2.03 bits per heavy atom. The van der Waals surface area contributed by atoms with E-state index in [-0.39, 0.29) is 6.04 Å². The van der Waals surface area contributed by atoms with Crippen molar-refractivity contribution in [2.45, 2.75) is 57.0 Å². The van der Waals surface area contributed by atoms with Crippen molar-refractivity contribution in [1.29, 1.82) is 0 Å². The summed E-state index contributed by atoms with van der Waals surface area (Å²) in [6, 6.07) is 14.6. The summed E-state index contributed by atoms with van der Waals surface area (Å²) < 4.78 is 8.10. The second-order valence-corrected chi connectivity index (χ2v) is 9.20. The molecular formula is C26H31N3O3. The van der Waals surface area contributed by atoms with Crippen molar-refractivity contribution in [3.8, 4) is 0 Å². The Kier molecular flexibility index (Phi) is 5.64. The first-order valence-corrected chi connectivity index (χ1v) is 11.7. The van der Waals surface area contributed by atoms with E-state index in [2.05, 4.69) is 35.6 Å². The maximum absolute atomic E-state index is 12.3. The standard InChI is InChI=1S/C26H31N3O3/c1-17-10-11-20-22(28(17)2)12-13-23-25(20)27-24(29(23)19-9-6-14-32-16-19)15-21(26(30)31)18-7-4-3-5-8-18/h3-5,7-8,12-13,17,19,21H,6,9-11,14-16H2,1-2H3,(H,30,31). The maximum Gasteiger partial charge on any atom is 0.311 e. The zero-order valence-electron chi connectivity index (χ0n) is 18.8. The van der Waals surface area contributed by atoms with Crippen LogP contribution in [0.4, 0.5) is 5.69 Å². The molecule has 3 unspecified atom stereocenters. The van der Waals surface area contributed by atoms with Gasteiger partial charge in [0.25, 0.3) is 0 Å².